The number of benzene rings is 4. The Bertz CT molecular complexity index is 2540. The third kappa shape index (κ3) is 6.78. The molecule has 276 valence electrons. The van der Waals surface area contributed by atoms with Crippen LogP contribution in [0.25, 0.3) is 54.9 Å². The van der Waals surface area contributed by atoms with Crippen LogP contribution in [0.3, 0.4) is 0 Å². The monoisotopic (exact) mass is 740 g/mol. The quantitative estimate of drug-likeness (QED) is 0.103. The summed E-state index contributed by atoms with van der Waals surface area (Å²) in [5, 5.41) is 4.84. The highest BCUT2D eigenvalue weighted by atomic mass is 35.5. The summed E-state index contributed by atoms with van der Waals surface area (Å²) in [6.45, 7) is 4.46. The summed E-state index contributed by atoms with van der Waals surface area (Å²) in [6, 6.07) is 34.0. The molecule has 8 rings (SSSR count). The largest absolute Gasteiger partial charge is 0.494 e. The molecule has 8 nitrogen and oxygen atoms in total. The van der Waals surface area contributed by atoms with Crippen molar-refractivity contribution in [3.63, 3.8) is 0 Å². The van der Waals surface area contributed by atoms with E-state index in [0.717, 1.165) is 72.4 Å². The lowest BCUT2D eigenvalue weighted by atomic mass is 10.1. The molecular weight excluding hydrogens is 696 g/mol. The van der Waals surface area contributed by atoms with Gasteiger partial charge in [-0.1, -0.05) is 48.5 Å². The van der Waals surface area contributed by atoms with Crippen molar-refractivity contribution in [1.29, 1.82) is 0 Å². The predicted molar refractivity (Wildman–Crippen MR) is 221 cm³/mol. The number of hydrogen-bond donors (Lipinski definition) is 0. The molecule has 0 radical (unpaired) electrons. The highest BCUT2D eigenvalue weighted by Gasteiger charge is 2.20. The fourth-order valence-corrected chi connectivity index (χ4v) is 7.83. The van der Waals surface area contributed by atoms with Crippen LogP contribution in [0.15, 0.2) is 109 Å². The maximum atomic E-state index is 6.44. The number of aromatic nitrogens is 4. The Hall–Kier alpha value is -5.73. The average Bonchev–Trinajstić information content (AvgIpc) is 3.70. The van der Waals surface area contributed by atoms with Crippen LogP contribution in [-0.4, -0.2) is 47.0 Å². The molecular formula is C45H45ClN4O4. The minimum absolute atomic E-state index is 0. The summed E-state index contributed by atoms with van der Waals surface area (Å²) >= 11 is 0. The van der Waals surface area contributed by atoms with Crippen LogP contribution in [0.4, 0.5) is 0 Å². The third-order valence-corrected chi connectivity index (χ3v) is 10.3. The van der Waals surface area contributed by atoms with Crippen molar-refractivity contribution in [2.24, 2.45) is 0 Å². The van der Waals surface area contributed by atoms with Gasteiger partial charge in [0.25, 0.3) is 0 Å². The number of halogens is 1. The number of hydrogen-bond acceptors (Lipinski definition) is 6. The molecule has 9 heteroatoms. The molecule has 4 aromatic carbocycles. The third-order valence-electron chi connectivity index (χ3n) is 10.3. The number of pyridine rings is 2. The molecule has 0 saturated carbocycles. The zero-order chi connectivity index (χ0) is 36.3. The number of para-hydroxylation sites is 1. The predicted octanol–water partition coefficient (Wildman–Crippen LogP) is 10.6. The first-order valence-electron chi connectivity index (χ1n) is 18.3. The van der Waals surface area contributed by atoms with Crippen LogP contribution < -0.4 is 18.9 Å². The van der Waals surface area contributed by atoms with Crippen molar-refractivity contribution in [2.75, 3.05) is 27.9 Å². The first-order chi connectivity index (χ1) is 26.1. The minimum atomic E-state index is 0. The molecule has 0 unspecified atom stereocenters. The molecule has 0 saturated heterocycles. The van der Waals surface area contributed by atoms with Crippen molar-refractivity contribution < 1.29 is 18.9 Å². The molecule has 0 aliphatic rings. The lowest BCUT2D eigenvalue weighted by molar-refractivity contribution is 0.304. The normalized spacial score (nSPS) is 11.3. The van der Waals surface area contributed by atoms with E-state index in [2.05, 4.69) is 106 Å². The van der Waals surface area contributed by atoms with Crippen LogP contribution >= 0.6 is 12.4 Å². The number of nitrogens with zero attached hydrogens (tertiary/aromatic N) is 4. The van der Waals surface area contributed by atoms with Gasteiger partial charge in [-0.2, -0.15) is 0 Å². The van der Waals surface area contributed by atoms with Gasteiger partial charge in [0.2, 0.25) is 5.75 Å². The molecule has 0 aliphatic heterocycles. The van der Waals surface area contributed by atoms with Gasteiger partial charge < -0.3 is 28.1 Å². The molecule has 8 aromatic rings. The second-order valence-corrected chi connectivity index (χ2v) is 13.4. The summed E-state index contributed by atoms with van der Waals surface area (Å²) in [5.41, 5.74) is 8.84. The van der Waals surface area contributed by atoms with E-state index in [-0.39, 0.29) is 12.4 Å². The Morgan fingerprint density at radius 1 is 0.593 bits per heavy atom. The molecule has 0 N–H and O–H groups in total. The molecule has 0 spiro atoms. The second kappa shape index (κ2) is 16.1. The van der Waals surface area contributed by atoms with Gasteiger partial charge in [-0.15, -0.1) is 12.4 Å². The van der Waals surface area contributed by atoms with Crippen LogP contribution in [0.5, 0.6) is 23.0 Å². The number of methoxy groups -OCH3 is 3. The highest BCUT2D eigenvalue weighted by Crippen LogP contribution is 2.43. The molecule has 54 heavy (non-hydrogen) atoms. The van der Waals surface area contributed by atoms with Crippen molar-refractivity contribution in [3.8, 4) is 34.3 Å². The number of ether oxygens (including phenoxy) is 4. The SMILES string of the molecule is COc1cc(-c2nccc3c4ccccc4n(CCCCOc4ccc5c6ccnc(C)c6n(CCCc6ccccc6)c5c4)c23)cc(OC)c1OC.Cl. The first-order valence-corrected chi connectivity index (χ1v) is 18.3. The van der Waals surface area contributed by atoms with Gasteiger partial charge in [-0.25, -0.2) is 0 Å². The Morgan fingerprint density at radius 3 is 2.02 bits per heavy atom. The van der Waals surface area contributed by atoms with Crippen LogP contribution in [0.2, 0.25) is 0 Å². The molecule has 0 amide bonds. The number of aryl methyl sites for hydroxylation is 4. The van der Waals surface area contributed by atoms with Crippen molar-refractivity contribution >= 4 is 56.0 Å². The van der Waals surface area contributed by atoms with Gasteiger partial charge in [0.15, 0.2) is 11.5 Å². The van der Waals surface area contributed by atoms with E-state index in [4.69, 9.17) is 23.9 Å². The molecule has 0 fully saturated rings. The van der Waals surface area contributed by atoms with Gasteiger partial charge in [-0.05, 0) is 80.6 Å². The van der Waals surface area contributed by atoms with Gasteiger partial charge in [0, 0.05) is 64.2 Å². The summed E-state index contributed by atoms with van der Waals surface area (Å²) < 4.78 is 28.3. The Balaban J connectivity index is 0.00000450. The number of fused-ring (bicyclic) bond motifs is 6. The highest BCUT2D eigenvalue weighted by molar-refractivity contribution is 6.12. The fourth-order valence-electron chi connectivity index (χ4n) is 7.83. The lowest BCUT2D eigenvalue weighted by Gasteiger charge is -2.15. The first kappa shape index (κ1) is 36.6. The zero-order valence-electron chi connectivity index (χ0n) is 31.2. The van der Waals surface area contributed by atoms with Crippen molar-refractivity contribution in [1.82, 2.24) is 19.1 Å². The number of unbranched alkanes of at least 4 members (excludes halogenated alkanes) is 1. The second-order valence-electron chi connectivity index (χ2n) is 13.4. The Kier molecular flexibility index (Phi) is 10.9. The summed E-state index contributed by atoms with van der Waals surface area (Å²) in [5.74, 6) is 2.64. The van der Waals surface area contributed by atoms with Gasteiger partial charge in [0.05, 0.1) is 55.9 Å². The van der Waals surface area contributed by atoms with E-state index in [9.17, 15) is 0 Å². The van der Waals surface area contributed by atoms with Crippen LogP contribution in [0, 0.1) is 6.92 Å². The Morgan fingerprint density at radius 2 is 1.26 bits per heavy atom. The van der Waals surface area contributed by atoms with Crippen LogP contribution in [0.1, 0.15) is 30.5 Å². The molecule has 0 aliphatic carbocycles. The van der Waals surface area contributed by atoms with E-state index in [0.29, 0.717) is 23.9 Å². The number of rotatable bonds is 14. The maximum Gasteiger partial charge on any atom is 0.203 e. The van der Waals surface area contributed by atoms with Gasteiger partial charge >= 0.3 is 0 Å². The van der Waals surface area contributed by atoms with E-state index in [1.54, 1.807) is 21.3 Å². The van der Waals surface area contributed by atoms with Gasteiger partial charge in [0.1, 0.15) is 5.75 Å². The zero-order valence-corrected chi connectivity index (χ0v) is 32.0. The Labute approximate surface area is 321 Å². The molecule has 4 aromatic heterocycles. The van der Waals surface area contributed by atoms with E-state index >= 15 is 0 Å². The summed E-state index contributed by atoms with van der Waals surface area (Å²) in [7, 11) is 4.89. The molecule has 4 heterocycles. The smallest absolute Gasteiger partial charge is 0.203 e. The maximum absolute atomic E-state index is 6.44. The molecule has 0 atom stereocenters. The van der Waals surface area contributed by atoms with E-state index in [1.807, 2.05) is 24.5 Å². The van der Waals surface area contributed by atoms with Gasteiger partial charge in [-0.3, -0.25) is 9.97 Å². The van der Waals surface area contributed by atoms with E-state index in [1.165, 1.54) is 38.3 Å². The van der Waals surface area contributed by atoms with E-state index < -0.39 is 0 Å². The summed E-state index contributed by atoms with van der Waals surface area (Å²) in [6.07, 6.45) is 7.70. The van der Waals surface area contributed by atoms with Crippen molar-refractivity contribution in [2.45, 2.75) is 45.7 Å². The summed E-state index contributed by atoms with van der Waals surface area (Å²) in [4.78, 5) is 9.56. The topological polar surface area (TPSA) is 72.6 Å². The molecule has 0 bridgehead atoms. The minimum Gasteiger partial charge on any atom is -0.494 e. The fraction of sp³-hybridized carbons (Fsp3) is 0.244. The van der Waals surface area contributed by atoms with Crippen LogP contribution in [-0.2, 0) is 19.5 Å². The average molecular weight is 741 g/mol. The standard InChI is InChI=1S/C45H44N4O4.ClH/c1-30-43-36(20-22-46-30)35-19-18-33(29-39(35)49(43)25-12-15-31-13-6-5-7-14-31)53-26-11-10-24-48-38-17-9-8-16-34(38)37-21-23-47-42(44(37)48)32-27-40(50-2)45(52-4)41(28-32)51-3;/h5-9,13-14,16-23,27-29H,10-12,15,24-26H2,1-4H3;1H. The van der Waals surface area contributed by atoms with Crippen molar-refractivity contribution in [3.05, 3.63) is 121 Å². The lowest BCUT2D eigenvalue weighted by Crippen LogP contribution is -2.04.